The number of nitrogens with zero attached hydrogens (tertiary/aromatic N) is 2. The lowest BCUT2D eigenvalue weighted by Gasteiger charge is -2.14. The molecule has 0 unspecified atom stereocenters. The number of anilines is 1. The van der Waals surface area contributed by atoms with Gasteiger partial charge < -0.3 is 14.8 Å². The van der Waals surface area contributed by atoms with Gasteiger partial charge in [-0.2, -0.15) is 0 Å². The average Bonchev–Trinajstić information content (AvgIpc) is 2.67. The van der Waals surface area contributed by atoms with Crippen molar-refractivity contribution < 1.29 is 9.47 Å². The van der Waals surface area contributed by atoms with Crippen molar-refractivity contribution in [3.05, 3.63) is 48.0 Å². The fourth-order valence-corrected chi connectivity index (χ4v) is 2.60. The number of terminal acetylenes is 1. The Morgan fingerprint density at radius 3 is 2.64 bits per heavy atom. The van der Waals surface area contributed by atoms with Crippen molar-refractivity contribution in [2.24, 2.45) is 0 Å². The SMILES string of the molecule is C#Cc1ccc(-c2nnc(NC)c3ccccc23)c(OCOCC)c1. The summed E-state index contributed by atoms with van der Waals surface area (Å²) in [6.45, 7) is 2.64. The summed E-state index contributed by atoms with van der Waals surface area (Å²) in [7, 11) is 1.83. The van der Waals surface area contributed by atoms with Crippen molar-refractivity contribution in [3.63, 3.8) is 0 Å². The summed E-state index contributed by atoms with van der Waals surface area (Å²) >= 11 is 0. The molecular formula is C20H19N3O2. The first-order valence-electron chi connectivity index (χ1n) is 8.03. The van der Waals surface area contributed by atoms with E-state index in [4.69, 9.17) is 15.9 Å². The summed E-state index contributed by atoms with van der Waals surface area (Å²) in [4.78, 5) is 0. The van der Waals surface area contributed by atoms with E-state index >= 15 is 0 Å². The van der Waals surface area contributed by atoms with Crippen LogP contribution in [-0.2, 0) is 4.74 Å². The van der Waals surface area contributed by atoms with E-state index < -0.39 is 0 Å². The number of rotatable bonds is 6. The zero-order chi connectivity index (χ0) is 17.6. The van der Waals surface area contributed by atoms with Gasteiger partial charge >= 0.3 is 0 Å². The van der Waals surface area contributed by atoms with Gasteiger partial charge in [0.1, 0.15) is 11.4 Å². The van der Waals surface area contributed by atoms with Gasteiger partial charge in [0.2, 0.25) is 0 Å². The van der Waals surface area contributed by atoms with E-state index in [9.17, 15) is 0 Å². The predicted molar refractivity (Wildman–Crippen MR) is 99.6 cm³/mol. The molecular weight excluding hydrogens is 314 g/mol. The number of nitrogens with one attached hydrogen (secondary N) is 1. The maximum atomic E-state index is 5.78. The third-order valence-corrected chi connectivity index (χ3v) is 3.83. The molecule has 0 aliphatic carbocycles. The van der Waals surface area contributed by atoms with Gasteiger partial charge in [-0.3, -0.25) is 0 Å². The Morgan fingerprint density at radius 2 is 1.92 bits per heavy atom. The fourth-order valence-electron chi connectivity index (χ4n) is 2.60. The molecule has 0 aliphatic rings. The van der Waals surface area contributed by atoms with Crippen LogP contribution in [-0.4, -0.2) is 30.6 Å². The molecule has 2 aromatic carbocycles. The van der Waals surface area contributed by atoms with Gasteiger partial charge in [0, 0.05) is 35.6 Å². The Morgan fingerprint density at radius 1 is 1.12 bits per heavy atom. The molecule has 1 N–H and O–H groups in total. The molecule has 126 valence electrons. The van der Waals surface area contributed by atoms with Crippen LogP contribution < -0.4 is 10.1 Å². The highest BCUT2D eigenvalue weighted by atomic mass is 16.7. The van der Waals surface area contributed by atoms with Crippen LogP contribution in [0.5, 0.6) is 5.75 Å². The van der Waals surface area contributed by atoms with Gasteiger partial charge in [0.25, 0.3) is 0 Å². The van der Waals surface area contributed by atoms with E-state index in [0.717, 1.165) is 33.4 Å². The van der Waals surface area contributed by atoms with Crippen LogP contribution in [0.15, 0.2) is 42.5 Å². The highest BCUT2D eigenvalue weighted by molar-refractivity contribution is 6.00. The third-order valence-electron chi connectivity index (χ3n) is 3.83. The Kier molecular flexibility index (Phi) is 5.12. The fraction of sp³-hybridized carbons (Fsp3) is 0.200. The summed E-state index contributed by atoms with van der Waals surface area (Å²) < 4.78 is 11.1. The van der Waals surface area contributed by atoms with Gasteiger partial charge in [0.15, 0.2) is 12.6 Å². The maximum Gasteiger partial charge on any atom is 0.189 e. The van der Waals surface area contributed by atoms with Gasteiger partial charge in [-0.25, -0.2) is 0 Å². The smallest absolute Gasteiger partial charge is 0.189 e. The molecule has 3 aromatic rings. The Bertz CT molecular complexity index is 932. The number of hydrogen-bond acceptors (Lipinski definition) is 5. The highest BCUT2D eigenvalue weighted by Gasteiger charge is 2.15. The molecule has 0 saturated heterocycles. The van der Waals surface area contributed by atoms with Crippen molar-refractivity contribution in [3.8, 4) is 29.4 Å². The number of ether oxygens (including phenoxy) is 2. The van der Waals surface area contributed by atoms with E-state index in [1.54, 1.807) is 0 Å². The van der Waals surface area contributed by atoms with E-state index in [1.807, 2.05) is 56.4 Å². The zero-order valence-electron chi connectivity index (χ0n) is 14.2. The monoisotopic (exact) mass is 333 g/mol. The second kappa shape index (κ2) is 7.65. The standard InChI is InChI=1S/C20H19N3O2/c1-4-14-10-11-17(18(12-14)25-13-24-5-2)19-15-8-6-7-9-16(15)20(21-3)23-22-19/h1,6-12H,5,13H2,2-3H3,(H,21,23). The molecule has 0 bridgehead atoms. The molecule has 25 heavy (non-hydrogen) atoms. The van der Waals surface area contributed by atoms with Crippen molar-refractivity contribution in [2.45, 2.75) is 6.92 Å². The van der Waals surface area contributed by atoms with Crippen molar-refractivity contribution in [2.75, 3.05) is 25.8 Å². The first-order valence-corrected chi connectivity index (χ1v) is 8.03. The van der Waals surface area contributed by atoms with Gasteiger partial charge in [-0.15, -0.1) is 16.6 Å². The molecule has 0 atom stereocenters. The van der Waals surface area contributed by atoms with Crippen molar-refractivity contribution in [1.82, 2.24) is 10.2 Å². The second-order valence-corrected chi connectivity index (χ2v) is 5.30. The minimum absolute atomic E-state index is 0.150. The summed E-state index contributed by atoms with van der Waals surface area (Å²) in [5.74, 6) is 3.98. The van der Waals surface area contributed by atoms with Crippen LogP contribution in [0.1, 0.15) is 12.5 Å². The molecule has 0 spiro atoms. The minimum atomic E-state index is 0.150. The normalized spacial score (nSPS) is 10.4. The Hall–Kier alpha value is -3.10. The third kappa shape index (κ3) is 3.39. The predicted octanol–water partition coefficient (Wildman–Crippen LogP) is 3.69. The first-order chi connectivity index (χ1) is 12.3. The average molecular weight is 333 g/mol. The lowest BCUT2D eigenvalue weighted by Crippen LogP contribution is -2.04. The van der Waals surface area contributed by atoms with Crippen LogP contribution in [0.25, 0.3) is 22.0 Å². The molecule has 5 heteroatoms. The van der Waals surface area contributed by atoms with Crippen LogP contribution in [0.2, 0.25) is 0 Å². The first kappa shape index (κ1) is 16.7. The van der Waals surface area contributed by atoms with Crippen molar-refractivity contribution >= 4 is 16.6 Å². The Labute approximate surface area is 147 Å². The highest BCUT2D eigenvalue weighted by Crippen LogP contribution is 2.35. The molecule has 5 nitrogen and oxygen atoms in total. The molecule has 1 aromatic heterocycles. The lowest BCUT2D eigenvalue weighted by atomic mass is 10.0. The van der Waals surface area contributed by atoms with E-state index in [0.29, 0.717) is 12.4 Å². The number of hydrogen-bond donors (Lipinski definition) is 1. The topological polar surface area (TPSA) is 56.3 Å². The Balaban J connectivity index is 2.16. The van der Waals surface area contributed by atoms with E-state index in [-0.39, 0.29) is 6.79 Å². The summed E-state index contributed by atoms with van der Waals surface area (Å²) in [6, 6.07) is 13.6. The van der Waals surface area contributed by atoms with Gasteiger partial charge in [-0.05, 0) is 25.1 Å². The van der Waals surface area contributed by atoms with E-state index in [2.05, 4.69) is 21.4 Å². The molecule has 0 aliphatic heterocycles. The minimum Gasteiger partial charge on any atom is -0.467 e. The van der Waals surface area contributed by atoms with Crippen LogP contribution in [0.4, 0.5) is 5.82 Å². The molecule has 0 saturated carbocycles. The largest absolute Gasteiger partial charge is 0.467 e. The van der Waals surface area contributed by atoms with Crippen LogP contribution >= 0.6 is 0 Å². The van der Waals surface area contributed by atoms with E-state index in [1.165, 1.54) is 0 Å². The summed E-state index contributed by atoms with van der Waals surface area (Å²) in [5, 5.41) is 13.7. The summed E-state index contributed by atoms with van der Waals surface area (Å²) in [6.07, 6.45) is 5.52. The van der Waals surface area contributed by atoms with Crippen molar-refractivity contribution in [1.29, 1.82) is 0 Å². The lowest BCUT2D eigenvalue weighted by molar-refractivity contribution is 0.0227. The molecule has 0 amide bonds. The quantitative estimate of drug-likeness (QED) is 0.423. The number of fused-ring (bicyclic) bond motifs is 1. The van der Waals surface area contributed by atoms with Crippen LogP contribution in [0.3, 0.4) is 0 Å². The maximum absolute atomic E-state index is 5.78. The molecule has 1 heterocycles. The second-order valence-electron chi connectivity index (χ2n) is 5.30. The van der Waals surface area contributed by atoms with Gasteiger partial charge in [0.05, 0.1) is 0 Å². The zero-order valence-corrected chi connectivity index (χ0v) is 14.2. The van der Waals surface area contributed by atoms with Gasteiger partial charge in [-0.1, -0.05) is 30.2 Å². The number of aromatic nitrogens is 2. The molecule has 3 rings (SSSR count). The molecule has 0 radical (unpaired) electrons. The molecule has 0 fully saturated rings. The number of benzene rings is 2. The summed E-state index contributed by atoms with van der Waals surface area (Å²) in [5.41, 5.74) is 2.30. The van der Waals surface area contributed by atoms with Crippen LogP contribution in [0, 0.1) is 12.3 Å².